The summed E-state index contributed by atoms with van der Waals surface area (Å²) in [5.41, 5.74) is 3.70. The van der Waals surface area contributed by atoms with Gasteiger partial charge in [0.25, 0.3) is 0 Å². The van der Waals surface area contributed by atoms with Gasteiger partial charge in [0, 0.05) is 6.42 Å². The second kappa shape index (κ2) is 9.87. The number of rotatable bonds is 6. The molecule has 8 atom stereocenters. The highest BCUT2D eigenvalue weighted by atomic mass is 17.2. The molecule has 3 N–H and O–H groups in total. The minimum absolute atomic E-state index is 0.198. The van der Waals surface area contributed by atoms with Crippen molar-refractivity contribution in [2.75, 3.05) is 6.61 Å². The average molecular weight is 449 g/mol. The molecule has 4 aliphatic rings. The molecule has 32 heavy (non-hydrogen) atoms. The molecule has 0 aromatic carbocycles. The topological polar surface area (TPSA) is 79.2 Å². The summed E-state index contributed by atoms with van der Waals surface area (Å²) in [6.45, 7) is 9.38. The van der Waals surface area contributed by atoms with Crippen LogP contribution in [-0.2, 0) is 9.78 Å². The Labute approximate surface area is 193 Å². The summed E-state index contributed by atoms with van der Waals surface area (Å²) >= 11 is 0. The molecule has 3 aliphatic carbocycles. The Hall–Kier alpha value is -0.720. The number of aliphatic hydroxyl groups excluding tert-OH is 3. The fourth-order valence-corrected chi connectivity index (χ4v) is 7.30. The molecule has 0 unspecified atom stereocenters. The maximum absolute atomic E-state index is 10.4. The predicted octanol–water partition coefficient (Wildman–Crippen LogP) is 4.71. The number of allylic oxidation sites excluding steroid dienone is 1. The van der Waals surface area contributed by atoms with E-state index < -0.39 is 12.2 Å². The van der Waals surface area contributed by atoms with Crippen molar-refractivity contribution >= 4 is 0 Å². The highest BCUT2D eigenvalue weighted by Gasteiger charge is 2.51. The van der Waals surface area contributed by atoms with E-state index in [9.17, 15) is 15.3 Å². The highest BCUT2D eigenvalue weighted by Crippen LogP contribution is 2.60. The molecular formula is C27H44O5. The molecular weight excluding hydrogens is 404 g/mol. The van der Waals surface area contributed by atoms with Crippen LogP contribution < -0.4 is 0 Å². The minimum atomic E-state index is -0.631. The molecule has 1 heterocycles. The predicted molar refractivity (Wildman–Crippen MR) is 125 cm³/mol. The van der Waals surface area contributed by atoms with Crippen molar-refractivity contribution < 1.29 is 25.1 Å². The highest BCUT2D eigenvalue weighted by molar-refractivity contribution is 5.33. The van der Waals surface area contributed by atoms with Crippen LogP contribution in [0.1, 0.15) is 85.5 Å². The molecule has 0 saturated heterocycles. The molecule has 0 bridgehead atoms. The smallest absolute Gasteiger partial charge is 0.133 e. The quantitative estimate of drug-likeness (QED) is 0.405. The molecule has 0 spiro atoms. The zero-order chi connectivity index (χ0) is 23.0. The van der Waals surface area contributed by atoms with Crippen molar-refractivity contribution in [1.82, 2.24) is 0 Å². The van der Waals surface area contributed by atoms with Crippen LogP contribution in [0.5, 0.6) is 0 Å². The standard InChI is InChI=1S/C27H44O5/c1-16(2)24(29)10-7-17(3)22-8-9-23-18(6-5-11-27(22,23)4)12-26-20-13-19(28)14-25(30)21(20)15-31-32-26/h12,16-17,19,22-26,28-30H,5-11,13-15H2,1-4H3/b18-12+/t17-,19-,22-,23+,24-,25+,26-,27-/m1/s1. The minimum Gasteiger partial charge on any atom is -0.393 e. The van der Waals surface area contributed by atoms with Crippen molar-refractivity contribution in [2.24, 2.45) is 29.1 Å². The fourth-order valence-electron chi connectivity index (χ4n) is 7.30. The molecule has 0 radical (unpaired) electrons. The summed E-state index contributed by atoms with van der Waals surface area (Å²) in [7, 11) is 0. The summed E-state index contributed by atoms with van der Waals surface area (Å²) in [6, 6.07) is 0. The van der Waals surface area contributed by atoms with Gasteiger partial charge in [-0.2, -0.15) is 0 Å². The third-order valence-electron chi connectivity index (χ3n) is 9.27. The van der Waals surface area contributed by atoms with Crippen LogP contribution in [0.2, 0.25) is 0 Å². The molecule has 5 nitrogen and oxygen atoms in total. The maximum Gasteiger partial charge on any atom is 0.133 e. The van der Waals surface area contributed by atoms with Crippen molar-refractivity contribution in [3.05, 3.63) is 22.8 Å². The Morgan fingerprint density at radius 3 is 2.66 bits per heavy atom. The second-order valence-corrected chi connectivity index (χ2v) is 11.6. The monoisotopic (exact) mass is 448 g/mol. The van der Waals surface area contributed by atoms with Crippen LogP contribution in [-0.4, -0.2) is 46.3 Å². The van der Waals surface area contributed by atoms with Gasteiger partial charge in [-0.25, -0.2) is 9.78 Å². The Morgan fingerprint density at radius 2 is 1.91 bits per heavy atom. The molecule has 2 fully saturated rings. The van der Waals surface area contributed by atoms with Gasteiger partial charge in [0.1, 0.15) is 12.7 Å². The van der Waals surface area contributed by atoms with Crippen LogP contribution >= 0.6 is 0 Å². The molecule has 0 aromatic heterocycles. The van der Waals surface area contributed by atoms with Crippen LogP contribution in [0.25, 0.3) is 0 Å². The summed E-state index contributed by atoms with van der Waals surface area (Å²) in [5, 5.41) is 30.9. The Bertz CT molecular complexity index is 728. The summed E-state index contributed by atoms with van der Waals surface area (Å²) in [4.78, 5) is 11.1. The van der Waals surface area contributed by atoms with E-state index in [2.05, 4.69) is 33.8 Å². The summed E-state index contributed by atoms with van der Waals surface area (Å²) in [5.74, 6) is 2.19. The molecule has 0 amide bonds. The number of hydrogen-bond donors (Lipinski definition) is 3. The lowest BCUT2D eigenvalue weighted by atomic mass is 9.60. The first-order valence-electron chi connectivity index (χ1n) is 13.0. The second-order valence-electron chi connectivity index (χ2n) is 11.6. The molecule has 4 rings (SSSR count). The van der Waals surface area contributed by atoms with Crippen molar-refractivity contribution in [1.29, 1.82) is 0 Å². The molecule has 182 valence electrons. The average Bonchev–Trinajstić information content (AvgIpc) is 3.10. The zero-order valence-electron chi connectivity index (χ0n) is 20.4. The first-order valence-corrected chi connectivity index (χ1v) is 13.0. The number of fused-ring (bicyclic) bond motifs is 1. The zero-order valence-corrected chi connectivity index (χ0v) is 20.4. The maximum atomic E-state index is 10.4. The van der Waals surface area contributed by atoms with Crippen molar-refractivity contribution in [3.63, 3.8) is 0 Å². The van der Waals surface area contributed by atoms with E-state index in [0.29, 0.717) is 48.5 Å². The first-order chi connectivity index (χ1) is 15.2. The normalized spacial score (nSPS) is 41.0. The lowest BCUT2D eigenvalue weighted by Crippen LogP contribution is -2.38. The van der Waals surface area contributed by atoms with Crippen LogP contribution in [0, 0.1) is 29.1 Å². The Balaban J connectivity index is 1.50. The summed E-state index contributed by atoms with van der Waals surface area (Å²) < 4.78 is 0. The molecule has 5 heteroatoms. The first kappa shape index (κ1) is 24.4. The molecule has 1 aliphatic heterocycles. The van der Waals surface area contributed by atoms with Gasteiger partial charge in [-0.1, -0.05) is 33.3 Å². The van der Waals surface area contributed by atoms with E-state index >= 15 is 0 Å². The fraction of sp³-hybridized carbons (Fsp3) is 0.852. The SMILES string of the molecule is CC(C)[C@H](O)CC[C@@H](C)[C@H]1CC[C@H]2/C(=C/[C@H]3OOCC4=C3C[C@@H](O)C[C@@H]4O)CCC[C@]12C. The summed E-state index contributed by atoms with van der Waals surface area (Å²) in [6.07, 6.45) is 9.60. The van der Waals surface area contributed by atoms with E-state index in [1.807, 2.05) is 0 Å². The van der Waals surface area contributed by atoms with Gasteiger partial charge < -0.3 is 15.3 Å². The molecule has 2 saturated carbocycles. The van der Waals surface area contributed by atoms with Crippen molar-refractivity contribution in [3.8, 4) is 0 Å². The third kappa shape index (κ3) is 4.74. The van der Waals surface area contributed by atoms with Crippen LogP contribution in [0.3, 0.4) is 0 Å². The Morgan fingerprint density at radius 1 is 1.12 bits per heavy atom. The van der Waals surface area contributed by atoms with E-state index in [4.69, 9.17) is 9.78 Å². The van der Waals surface area contributed by atoms with Gasteiger partial charge in [0.05, 0.1) is 18.3 Å². The molecule has 0 aromatic rings. The van der Waals surface area contributed by atoms with E-state index in [1.165, 1.54) is 31.3 Å². The van der Waals surface area contributed by atoms with E-state index in [1.54, 1.807) is 0 Å². The number of aliphatic hydroxyl groups is 3. The lowest BCUT2D eigenvalue weighted by molar-refractivity contribution is -0.312. The van der Waals surface area contributed by atoms with Crippen molar-refractivity contribution in [2.45, 2.75) is 110 Å². The van der Waals surface area contributed by atoms with Gasteiger partial charge in [0.2, 0.25) is 0 Å². The van der Waals surface area contributed by atoms with Gasteiger partial charge in [-0.15, -0.1) is 0 Å². The third-order valence-corrected chi connectivity index (χ3v) is 9.27. The van der Waals surface area contributed by atoms with Gasteiger partial charge in [0.15, 0.2) is 0 Å². The van der Waals surface area contributed by atoms with Gasteiger partial charge >= 0.3 is 0 Å². The van der Waals surface area contributed by atoms with Crippen LogP contribution in [0.4, 0.5) is 0 Å². The van der Waals surface area contributed by atoms with Crippen LogP contribution in [0.15, 0.2) is 22.8 Å². The Kier molecular flexibility index (Phi) is 7.53. The van der Waals surface area contributed by atoms with Gasteiger partial charge in [-0.05, 0) is 97.7 Å². The number of hydrogen-bond acceptors (Lipinski definition) is 5. The van der Waals surface area contributed by atoms with E-state index in [0.717, 1.165) is 30.4 Å². The largest absolute Gasteiger partial charge is 0.393 e. The van der Waals surface area contributed by atoms with Gasteiger partial charge in [-0.3, -0.25) is 0 Å². The lowest BCUT2D eigenvalue weighted by Gasteiger charge is -2.45. The van der Waals surface area contributed by atoms with E-state index in [-0.39, 0.29) is 12.2 Å².